The number of carbonyl (C=O) groups is 1. The van der Waals surface area contributed by atoms with Crippen molar-refractivity contribution >= 4 is 5.97 Å². The Kier molecular flexibility index (Phi) is 6.51. The molecule has 1 aliphatic carbocycles. The van der Waals surface area contributed by atoms with E-state index in [0.717, 1.165) is 12.8 Å². The van der Waals surface area contributed by atoms with Gasteiger partial charge in [-0.05, 0) is 18.8 Å². The Hall–Kier alpha value is -0.530. The third kappa shape index (κ3) is 5.53. The molecule has 0 unspecified atom stereocenters. The number of hydrogen-bond acceptors (Lipinski definition) is 1. The van der Waals surface area contributed by atoms with Crippen LogP contribution in [0.1, 0.15) is 71.1 Å². The Morgan fingerprint density at radius 2 is 1.62 bits per heavy atom. The van der Waals surface area contributed by atoms with E-state index in [-0.39, 0.29) is 5.92 Å². The number of carboxylic acid groups (broad SMARTS) is 1. The molecule has 1 fully saturated rings. The van der Waals surface area contributed by atoms with Crippen LogP contribution in [-0.2, 0) is 4.79 Å². The molecule has 1 N–H and O–H groups in total. The molecule has 0 radical (unpaired) electrons. The van der Waals surface area contributed by atoms with Gasteiger partial charge < -0.3 is 5.11 Å². The maximum Gasteiger partial charge on any atom is 0.306 e. The van der Waals surface area contributed by atoms with E-state index in [2.05, 4.69) is 6.92 Å². The summed E-state index contributed by atoms with van der Waals surface area (Å²) in [5.41, 5.74) is 0. The minimum Gasteiger partial charge on any atom is -0.481 e. The van der Waals surface area contributed by atoms with Gasteiger partial charge in [-0.2, -0.15) is 0 Å². The molecule has 0 aromatic carbocycles. The molecular weight excluding hydrogens is 200 g/mol. The summed E-state index contributed by atoms with van der Waals surface area (Å²) in [6.07, 6.45) is 12.8. The molecule has 2 nitrogen and oxygen atoms in total. The van der Waals surface area contributed by atoms with Crippen LogP contribution in [-0.4, -0.2) is 11.1 Å². The molecule has 94 valence electrons. The van der Waals surface area contributed by atoms with Gasteiger partial charge in [-0.25, -0.2) is 0 Å². The van der Waals surface area contributed by atoms with Crippen LogP contribution in [0.15, 0.2) is 0 Å². The first kappa shape index (κ1) is 13.5. The molecule has 0 aliphatic heterocycles. The minimum absolute atomic E-state index is 0.00422. The van der Waals surface area contributed by atoms with Crippen LogP contribution in [0.5, 0.6) is 0 Å². The summed E-state index contributed by atoms with van der Waals surface area (Å²) in [6.45, 7) is 2.24. The zero-order chi connectivity index (χ0) is 11.8. The van der Waals surface area contributed by atoms with E-state index >= 15 is 0 Å². The number of aliphatic carboxylic acids is 1. The zero-order valence-electron chi connectivity index (χ0n) is 10.6. The van der Waals surface area contributed by atoms with Crippen LogP contribution in [0.3, 0.4) is 0 Å². The van der Waals surface area contributed by atoms with Crippen molar-refractivity contribution in [1.82, 2.24) is 0 Å². The van der Waals surface area contributed by atoms with Gasteiger partial charge in [0, 0.05) is 0 Å². The highest BCUT2D eigenvalue weighted by molar-refractivity contribution is 5.73. The molecule has 0 saturated heterocycles. The third-order valence-electron chi connectivity index (χ3n) is 3.67. The maximum atomic E-state index is 10.6. The van der Waals surface area contributed by atoms with Crippen molar-refractivity contribution < 1.29 is 9.90 Å². The molecular formula is C14H26O2. The lowest BCUT2D eigenvalue weighted by Crippen LogP contribution is -1.99. The van der Waals surface area contributed by atoms with Crippen LogP contribution in [0.25, 0.3) is 0 Å². The SMILES string of the molecule is CCCCCCCCCC[C@H]1C[C@@H]1C(=O)O. The van der Waals surface area contributed by atoms with Crippen LogP contribution in [0, 0.1) is 11.8 Å². The van der Waals surface area contributed by atoms with Gasteiger partial charge in [-0.1, -0.05) is 58.3 Å². The first-order valence-corrected chi connectivity index (χ1v) is 6.98. The highest BCUT2D eigenvalue weighted by atomic mass is 16.4. The number of rotatable bonds is 10. The van der Waals surface area contributed by atoms with Crippen LogP contribution >= 0.6 is 0 Å². The van der Waals surface area contributed by atoms with E-state index in [1.165, 1.54) is 51.4 Å². The molecule has 0 bridgehead atoms. The summed E-state index contributed by atoms with van der Waals surface area (Å²) in [4.78, 5) is 10.6. The van der Waals surface area contributed by atoms with E-state index in [9.17, 15) is 4.79 Å². The quantitative estimate of drug-likeness (QED) is 0.566. The van der Waals surface area contributed by atoms with Crippen molar-refractivity contribution in [3.05, 3.63) is 0 Å². The molecule has 0 heterocycles. The van der Waals surface area contributed by atoms with Gasteiger partial charge in [-0.15, -0.1) is 0 Å². The van der Waals surface area contributed by atoms with E-state index < -0.39 is 5.97 Å². The maximum absolute atomic E-state index is 10.6. The standard InChI is InChI=1S/C14H26O2/c1-2-3-4-5-6-7-8-9-10-12-11-13(12)14(15)16/h12-13H,2-11H2,1H3,(H,15,16)/t12-,13-/m0/s1. The van der Waals surface area contributed by atoms with Crippen LogP contribution in [0.4, 0.5) is 0 Å². The van der Waals surface area contributed by atoms with Crippen molar-refractivity contribution in [2.24, 2.45) is 11.8 Å². The fourth-order valence-corrected chi connectivity index (χ4v) is 2.41. The lowest BCUT2D eigenvalue weighted by atomic mass is 10.1. The highest BCUT2D eigenvalue weighted by Gasteiger charge is 2.42. The molecule has 0 aromatic heterocycles. The van der Waals surface area contributed by atoms with Gasteiger partial charge in [-0.3, -0.25) is 4.79 Å². The number of hydrogen-bond donors (Lipinski definition) is 1. The second-order valence-corrected chi connectivity index (χ2v) is 5.20. The first-order chi connectivity index (χ1) is 7.75. The topological polar surface area (TPSA) is 37.3 Å². The summed E-state index contributed by atoms with van der Waals surface area (Å²) < 4.78 is 0. The fraction of sp³-hybridized carbons (Fsp3) is 0.929. The molecule has 0 amide bonds. The van der Waals surface area contributed by atoms with Crippen LogP contribution in [0.2, 0.25) is 0 Å². The number of carboxylic acids is 1. The largest absolute Gasteiger partial charge is 0.481 e. The minimum atomic E-state index is -0.579. The van der Waals surface area contributed by atoms with E-state index in [1.54, 1.807) is 0 Å². The zero-order valence-corrected chi connectivity index (χ0v) is 10.6. The van der Waals surface area contributed by atoms with Crippen molar-refractivity contribution in [3.63, 3.8) is 0 Å². The van der Waals surface area contributed by atoms with E-state index in [1.807, 2.05) is 0 Å². The average molecular weight is 226 g/mol. The van der Waals surface area contributed by atoms with Gasteiger partial charge in [0.05, 0.1) is 5.92 Å². The van der Waals surface area contributed by atoms with E-state index in [0.29, 0.717) is 5.92 Å². The smallest absolute Gasteiger partial charge is 0.306 e. The predicted molar refractivity (Wildman–Crippen MR) is 66.5 cm³/mol. The molecule has 16 heavy (non-hydrogen) atoms. The van der Waals surface area contributed by atoms with Gasteiger partial charge >= 0.3 is 5.97 Å². The molecule has 2 heteroatoms. The van der Waals surface area contributed by atoms with Crippen molar-refractivity contribution in [3.8, 4) is 0 Å². The molecule has 0 spiro atoms. The van der Waals surface area contributed by atoms with Crippen molar-refractivity contribution in [2.45, 2.75) is 71.1 Å². The van der Waals surface area contributed by atoms with Crippen molar-refractivity contribution in [1.29, 1.82) is 0 Å². The van der Waals surface area contributed by atoms with Gasteiger partial charge in [0.2, 0.25) is 0 Å². The Morgan fingerprint density at radius 3 is 2.12 bits per heavy atom. The summed E-state index contributed by atoms with van der Waals surface area (Å²) >= 11 is 0. The summed E-state index contributed by atoms with van der Waals surface area (Å²) in [6, 6.07) is 0. The Morgan fingerprint density at radius 1 is 1.06 bits per heavy atom. The average Bonchev–Trinajstić information content (AvgIpc) is 3.01. The fourth-order valence-electron chi connectivity index (χ4n) is 2.41. The second-order valence-electron chi connectivity index (χ2n) is 5.20. The van der Waals surface area contributed by atoms with Crippen LogP contribution < -0.4 is 0 Å². The molecule has 2 atom stereocenters. The normalized spacial score (nSPS) is 23.3. The Balaban J connectivity index is 1.78. The molecule has 1 aliphatic rings. The van der Waals surface area contributed by atoms with Gasteiger partial charge in [0.15, 0.2) is 0 Å². The molecule has 1 rings (SSSR count). The van der Waals surface area contributed by atoms with E-state index in [4.69, 9.17) is 5.11 Å². The predicted octanol–water partition coefficient (Wildman–Crippen LogP) is 4.24. The molecule has 1 saturated carbocycles. The number of unbranched alkanes of at least 4 members (excludes halogenated alkanes) is 7. The second kappa shape index (κ2) is 7.70. The lowest BCUT2D eigenvalue weighted by Gasteiger charge is -2.01. The Labute approximate surface area is 99.4 Å². The van der Waals surface area contributed by atoms with Crippen molar-refractivity contribution in [2.75, 3.05) is 0 Å². The third-order valence-corrected chi connectivity index (χ3v) is 3.67. The summed E-state index contributed by atoms with van der Waals surface area (Å²) in [5, 5.41) is 8.75. The summed E-state index contributed by atoms with van der Waals surface area (Å²) in [5.74, 6) is -0.0632. The van der Waals surface area contributed by atoms with Gasteiger partial charge in [0.1, 0.15) is 0 Å². The first-order valence-electron chi connectivity index (χ1n) is 6.98. The summed E-state index contributed by atoms with van der Waals surface area (Å²) in [7, 11) is 0. The highest BCUT2D eigenvalue weighted by Crippen LogP contribution is 2.42. The Bertz CT molecular complexity index is 201. The lowest BCUT2D eigenvalue weighted by molar-refractivity contribution is -0.138. The molecule has 0 aromatic rings. The van der Waals surface area contributed by atoms with Gasteiger partial charge in [0.25, 0.3) is 0 Å². The monoisotopic (exact) mass is 226 g/mol.